The van der Waals surface area contributed by atoms with Crippen molar-refractivity contribution in [2.24, 2.45) is 11.8 Å². The quantitative estimate of drug-likeness (QED) is 0.180. The number of anilines is 1. The van der Waals surface area contributed by atoms with E-state index in [2.05, 4.69) is 16.3 Å². The number of rotatable bonds is 13. The van der Waals surface area contributed by atoms with E-state index >= 15 is 0 Å². The van der Waals surface area contributed by atoms with Crippen molar-refractivity contribution in [1.29, 1.82) is 5.26 Å². The van der Waals surface area contributed by atoms with Gasteiger partial charge in [-0.15, -0.1) is 0 Å². The molecule has 1 unspecified atom stereocenters. The van der Waals surface area contributed by atoms with Crippen LogP contribution in [0.4, 0.5) is 5.69 Å². The molecule has 0 bridgehead atoms. The van der Waals surface area contributed by atoms with Crippen LogP contribution in [0.2, 0.25) is 5.02 Å². The number of benzene rings is 1. The lowest BCUT2D eigenvalue weighted by Gasteiger charge is -2.41. The molecule has 254 valence electrons. The van der Waals surface area contributed by atoms with Crippen molar-refractivity contribution in [3.63, 3.8) is 0 Å². The van der Waals surface area contributed by atoms with Gasteiger partial charge < -0.3 is 19.8 Å². The molecule has 1 heterocycles. The summed E-state index contributed by atoms with van der Waals surface area (Å²) < 4.78 is 5.30. The van der Waals surface area contributed by atoms with Crippen molar-refractivity contribution in [2.75, 3.05) is 25.2 Å². The number of esters is 1. The van der Waals surface area contributed by atoms with E-state index in [0.717, 1.165) is 77.0 Å². The van der Waals surface area contributed by atoms with Gasteiger partial charge in [0.05, 0.1) is 23.4 Å². The van der Waals surface area contributed by atoms with Gasteiger partial charge in [0.25, 0.3) is 5.91 Å². The number of nitrogens with zero attached hydrogens (tertiary/aromatic N) is 3. The van der Waals surface area contributed by atoms with E-state index in [9.17, 15) is 25.1 Å². The van der Waals surface area contributed by atoms with Gasteiger partial charge in [-0.05, 0) is 140 Å². The van der Waals surface area contributed by atoms with Crippen LogP contribution < -0.4 is 10.2 Å². The van der Waals surface area contributed by atoms with E-state index in [1.807, 2.05) is 13.8 Å². The Morgan fingerprint density at radius 2 is 1.65 bits per heavy atom. The summed E-state index contributed by atoms with van der Waals surface area (Å²) in [4.78, 5) is 31.3. The molecule has 1 aromatic carbocycles. The zero-order valence-corrected chi connectivity index (χ0v) is 29.4. The van der Waals surface area contributed by atoms with Crippen LogP contribution in [0.25, 0.3) is 0 Å². The average molecular weight is 675 g/mol. The van der Waals surface area contributed by atoms with Gasteiger partial charge in [-0.2, -0.15) is 5.26 Å². The lowest BCUT2D eigenvalue weighted by molar-refractivity contribution is -0.148. The van der Waals surface area contributed by atoms with Gasteiger partial charge in [-0.3, -0.25) is 19.8 Å². The normalized spacial score (nSPS) is 26.1. The number of carbonyl (C=O) groups is 2. The number of nitriles is 1. The number of halogens is 1. The number of ether oxygens (including phenoxy) is 1. The number of hydrogen-bond donors (Lipinski definition) is 3. The highest BCUT2D eigenvalue weighted by Gasteiger charge is 2.53. The maximum atomic E-state index is 14.2. The zero-order valence-electron chi connectivity index (χ0n) is 27.8. The van der Waals surface area contributed by atoms with Crippen molar-refractivity contribution in [2.45, 2.75) is 127 Å². The predicted octanol–water partition coefficient (Wildman–Crippen LogP) is 5.65. The Bertz CT molecular complexity index is 1300. The van der Waals surface area contributed by atoms with Crippen LogP contribution in [0.1, 0.15) is 109 Å². The summed E-state index contributed by atoms with van der Waals surface area (Å²) in [6.45, 7) is 6.02. The Hall–Kier alpha value is -2.29. The maximum Gasteiger partial charge on any atom is 0.326 e. The van der Waals surface area contributed by atoms with Crippen molar-refractivity contribution in [3.8, 4) is 6.07 Å². The van der Waals surface area contributed by atoms with Crippen LogP contribution in [-0.4, -0.2) is 75.6 Å². The molecule has 1 amide bonds. The zero-order chi connectivity index (χ0) is 33.6. The van der Waals surface area contributed by atoms with Crippen molar-refractivity contribution in [3.05, 3.63) is 28.3 Å². The van der Waals surface area contributed by atoms with Gasteiger partial charge in [-0.25, -0.2) is 0 Å². The number of aliphatic hydroxyl groups excluding tert-OH is 2. The molecule has 2 aliphatic carbocycles. The largest absolute Gasteiger partial charge is 0.468 e. The van der Waals surface area contributed by atoms with Crippen LogP contribution in [0, 0.1) is 23.2 Å². The standard InChI is InChI=1S/C35H51ClN4O5S/c1-34(2)31(43)39(33(46)40(34)27-16-11-24(12-17-27)8-6-20-42)29-18-13-25(22-37)30(36)28(29)21-35(3,32(44)45-4)38-26-14-9-23(10-15-26)7-5-19-41/h13,18,23-24,26-27,38,41-42H,5-12,14-17,19-21H2,1-4H3. The summed E-state index contributed by atoms with van der Waals surface area (Å²) in [6, 6.07) is 5.66. The first-order valence-corrected chi connectivity index (χ1v) is 17.7. The van der Waals surface area contributed by atoms with Gasteiger partial charge in [0, 0.05) is 31.7 Å². The van der Waals surface area contributed by atoms with Crippen molar-refractivity contribution in [1.82, 2.24) is 10.2 Å². The monoisotopic (exact) mass is 674 g/mol. The van der Waals surface area contributed by atoms with Gasteiger partial charge in [0.2, 0.25) is 0 Å². The number of thiocarbonyl (C=S) groups is 1. The fourth-order valence-electron chi connectivity index (χ4n) is 7.97. The third-order valence-corrected chi connectivity index (χ3v) is 11.4. The number of hydrogen-bond acceptors (Lipinski definition) is 8. The second-order valence-corrected chi connectivity index (χ2v) is 14.9. The molecule has 2 saturated carbocycles. The van der Waals surface area contributed by atoms with Gasteiger partial charge in [0.1, 0.15) is 17.1 Å². The fraction of sp³-hybridized carbons (Fsp3) is 0.714. The molecule has 3 aliphatic rings. The van der Waals surface area contributed by atoms with Gasteiger partial charge in [0.15, 0.2) is 5.11 Å². The van der Waals surface area contributed by atoms with E-state index in [1.165, 1.54) is 7.11 Å². The molecule has 9 nitrogen and oxygen atoms in total. The molecule has 1 atom stereocenters. The molecule has 1 saturated heterocycles. The molecule has 0 radical (unpaired) electrons. The smallest absolute Gasteiger partial charge is 0.326 e. The van der Waals surface area contributed by atoms with E-state index in [0.29, 0.717) is 28.2 Å². The number of methoxy groups -OCH3 is 1. The third-order valence-electron chi connectivity index (χ3n) is 10.6. The topological polar surface area (TPSA) is 126 Å². The SMILES string of the molecule is COC(=O)C(C)(Cc1c(N2C(=O)C(C)(C)N(C3CCC(CCCO)CC3)C2=S)ccc(C#N)c1Cl)NC1CCC(CCCO)CC1. The van der Waals surface area contributed by atoms with Crippen LogP contribution in [0.5, 0.6) is 0 Å². The first-order valence-electron chi connectivity index (χ1n) is 16.9. The molecule has 4 rings (SSSR count). The molecule has 11 heteroatoms. The summed E-state index contributed by atoms with van der Waals surface area (Å²) >= 11 is 13.0. The highest BCUT2D eigenvalue weighted by Crippen LogP contribution is 2.43. The van der Waals surface area contributed by atoms with Crippen LogP contribution in [-0.2, 0) is 20.7 Å². The Labute approximate surface area is 284 Å². The Balaban J connectivity index is 1.63. The van der Waals surface area contributed by atoms with Crippen molar-refractivity contribution >= 4 is 46.5 Å². The molecule has 0 aromatic heterocycles. The summed E-state index contributed by atoms with van der Waals surface area (Å²) in [5, 5.41) is 32.6. The lowest BCUT2D eigenvalue weighted by atomic mass is 9.81. The van der Waals surface area contributed by atoms with Gasteiger partial charge >= 0.3 is 5.97 Å². The predicted molar refractivity (Wildman–Crippen MR) is 184 cm³/mol. The molecule has 46 heavy (non-hydrogen) atoms. The summed E-state index contributed by atoms with van der Waals surface area (Å²) in [5.74, 6) is 0.509. The number of carbonyl (C=O) groups excluding carboxylic acids is 2. The number of amides is 1. The summed E-state index contributed by atoms with van der Waals surface area (Å²) in [5.41, 5.74) is -0.840. The molecular weight excluding hydrogens is 624 g/mol. The molecular formula is C35H51ClN4O5S. The minimum Gasteiger partial charge on any atom is -0.468 e. The van der Waals surface area contributed by atoms with Crippen LogP contribution in [0.15, 0.2) is 12.1 Å². The van der Waals surface area contributed by atoms with Crippen LogP contribution in [0.3, 0.4) is 0 Å². The van der Waals surface area contributed by atoms with E-state index in [4.69, 9.17) is 28.6 Å². The maximum absolute atomic E-state index is 14.2. The van der Waals surface area contributed by atoms with Crippen molar-refractivity contribution < 1.29 is 24.5 Å². The molecule has 3 fully saturated rings. The second-order valence-electron chi connectivity index (χ2n) is 14.2. The Kier molecular flexibility index (Phi) is 12.5. The van der Waals surface area contributed by atoms with E-state index in [1.54, 1.807) is 24.0 Å². The average Bonchev–Trinajstić information content (AvgIpc) is 3.22. The first-order chi connectivity index (χ1) is 21.9. The lowest BCUT2D eigenvalue weighted by Crippen LogP contribution is -2.56. The third kappa shape index (κ3) is 7.71. The summed E-state index contributed by atoms with van der Waals surface area (Å²) in [7, 11) is 1.36. The Morgan fingerprint density at radius 1 is 1.09 bits per heavy atom. The first kappa shape index (κ1) is 36.5. The van der Waals surface area contributed by atoms with Crippen LogP contribution >= 0.6 is 23.8 Å². The van der Waals surface area contributed by atoms with Gasteiger partial charge in [-0.1, -0.05) is 11.6 Å². The highest BCUT2D eigenvalue weighted by molar-refractivity contribution is 7.80. The van der Waals surface area contributed by atoms with E-state index < -0.39 is 17.0 Å². The number of aliphatic hydroxyl groups is 2. The Morgan fingerprint density at radius 3 is 2.17 bits per heavy atom. The fourth-order valence-corrected chi connectivity index (χ4v) is 8.80. The minimum absolute atomic E-state index is 0.0762. The molecule has 3 N–H and O–H groups in total. The second kappa shape index (κ2) is 15.7. The van der Waals surface area contributed by atoms with E-state index in [-0.39, 0.29) is 48.2 Å². The molecule has 1 aromatic rings. The molecule has 0 spiro atoms. The minimum atomic E-state index is -1.18. The summed E-state index contributed by atoms with van der Waals surface area (Å²) in [6.07, 6.45) is 11.4. The molecule has 1 aliphatic heterocycles. The highest BCUT2D eigenvalue weighted by atomic mass is 35.5. The number of nitrogens with one attached hydrogen (secondary N) is 1.